The number of thiazole rings is 1. The molecular weight excluding hydrogens is 453 g/mol. The van der Waals surface area contributed by atoms with Gasteiger partial charge >= 0.3 is 0 Å². The van der Waals surface area contributed by atoms with Gasteiger partial charge in [-0.15, -0.1) is 11.3 Å². The van der Waals surface area contributed by atoms with E-state index in [1.54, 1.807) is 31.3 Å². The summed E-state index contributed by atoms with van der Waals surface area (Å²) in [6.45, 7) is 7.24. The van der Waals surface area contributed by atoms with Gasteiger partial charge in [0.25, 0.3) is 5.91 Å². The molecular formula is C26H32FN3O3S. The van der Waals surface area contributed by atoms with Crippen molar-refractivity contribution in [3.63, 3.8) is 0 Å². The number of halogens is 1. The first kappa shape index (κ1) is 25.6. The molecule has 8 heteroatoms. The number of benzene rings is 2. The Labute approximate surface area is 204 Å². The van der Waals surface area contributed by atoms with Crippen LogP contribution in [0.5, 0.6) is 11.5 Å². The molecule has 0 saturated heterocycles. The first-order valence-electron chi connectivity index (χ1n) is 11.4. The van der Waals surface area contributed by atoms with Crippen LogP contribution in [0.15, 0.2) is 47.8 Å². The molecule has 34 heavy (non-hydrogen) atoms. The monoisotopic (exact) mass is 485 g/mol. The first-order chi connectivity index (χ1) is 16.5. The van der Waals surface area contributed by atoms with E-state index in [1.807, 2.05) is 37.4 Å². The number of methoxy groups -OCH3 is 2. The van der Waals surface area contributed by atoms with Crippen LogP contribution in [-0.4, -0.2) is 54.5 Å². The number of rotatable bonds is 12. The zero-order chi connectivity index (χ0) is 24.5. The van der Waals surface area contributed by atoms with Gasteiger partial charge in [-0.3, -0.25) is 9.69 Å². The Hall–Kier alpha value is -2.97. The van der Waals surface area contributed by atoms with E-state index in [0.717, 1.165) is 29.1 Å². The minimum Gasteiger partial charge on any atom is -0.493 e. The smallest absolute Gasteiger partial charge is 0.273 e. The Bertz CT molecular complexity index is 1070. The highest BCUT2D eigenvalue weighted by molar-refractivity contribution is 7.09. The predicted molar refractivity (Wildman–Crippen MR) is 133 cm³/mol. The number of hydrogen-bond acceptors (Lipinski definition) is 6. The SMILES string of the molecule is CCN(CC)C(=O)c1csc(CN(CCc2ccc(OC)c(OC)c2)Cc2ccc(F)cc2)n1. The predicted octanol–water partition coefficient (Wildman–Crippen LogP) is 5.03. The van der Waals surface area contributed by atoms with Gasteiger partial charge in [-0.25, -0.2) is 9.37 Å². The fraction of sp³-hybridized carbons (Fsp3) is 0.385. The third kappa shape index (κ3) is 6.77. The van der Waals surface area contributed by atoms with Crippen molar-refractivity contribution in [2.45, 2.75) is 33.4 Å². The van der Waals surface area contributed by atoms with Gasteiger partial charge < -0.3 is 14.4 Å². The average molecular weight is 486 g/mol. The van der Waals surface area contributed by atoms with Crippen LogP contribution < -0.4 is 9.47 Å². The highest BCUT2D eigenvalue weighted by Crippen LogP contribution is 2.28. The largest absolute Gasteiger partial charge is 0.493 e. The van der Waals surface area contributed by atoms with Crippen LogP contribution in [-0.2, 0) is 19.5 Å². The average Bonchev–Trinajstić information content (AvgIpc) is 3.32. The zero-order valence-corrected chi connectivity index (χ0v) is 21.0. The van der Waals surface area contributed by atoms with E-state index in [-0.39, 0.29) is 11.7 Å². The molecule has 0 spiro atoms. The molecule has 0 saturated carbocycles. The highest BCUT2D eigenvalue weighted by atomic mass is 32.1. The van der Waals surface area contributed by atoms with Crippen molar-refractivity contribution < 1.29 is 18.7 Å². The Balaban J connectivity index is 1.75. The number of carbonyl (C=O) groups excluding carboxylic acids is 1. The molecule has 0 aliphatic carbocycles. The van der Waals surface area contributed by atoms with Gasteiger partial charge in [0.2, 0.25) is 0 Å². The molecule has 2 aromatic carbocycles. The molecule has 0 unspecified atom stereocenters. The molecule has 0 N–H and O–H groups in total. The fourth-order valence-electron chi connectivity index (χ4n) is 3.73. The van der Waals surface area contributed by atoms with Gasteiger partial charge in [0, 0.05) is 31.6 Å². The molecule has 1 amide bonds. The van der Waals surface area contributed by atoms with Crippen molar-refractivity contribution in [3.8, 4) is 11.5 Å². The number of nitrogens with zero attached hydrogens (tertiary/aromatic N) is 3. The summed E-state index contributed by atoms with van der Waals surface area (Å²) in [5.41, 5.74) is 2.63. The van der Waals surface area contributed by atoms with E-state index in [0.29, 0.717) is 43.4 Å². The first-order valence-corrected chi connectivity index (χ1v) is 12.3. The second-order valence-electron chi connectivity index (χ2n) is 7.88. The van der Waals surface area contributed by atoms with Crippen LogP contribution >= 0.6 is 11.3 Å². The van der Waals surface area contributed by atoms with Gasteiger partial charge in [0.1, 0.15) is 16.5 Å². The van der Waals surface area contributed by atoms with Crippen LogP contribution in [0.25, 0.3) is 0 Å². The number of ether oxygens (including phenoxy) is 2. The lowest BCUT2D eigenvalue weighted by molar-refractivity contribution is 0.0767. The number of amides is 1. The van der Waals surface area contributed by atoms with Crippen LogP contribution in [0.2, 0.25) is 0 Å². The third-order valence-corrected chi connectivity index (χ3v) is 6.50. The van der Waals surface area contributed by atoms with Crippen LogP contribution in [0.4, 0.5) is 4.39 Å². The van der Waals surface area contributed by atoms with Crippen molar-refractivity contribution in [3.05, 3.63) is 75.5 Å². The molecule has 0 atom stereocenters. The van der Waals surface area contributed by atoms with E-state index in [9.17, 15) is 9.18 Å². The molecule has 0 aliphatic rings. The summed E-state index contributed by atoms with van der Waals surface area (Å²) in [6, 6.07) is 12.5. The summed E-state index contributed by atoms with van der Waals surface area (Å²) in [7, 11) is 3.25. The van der Waals surface area contributed by atoms with E-state index < -0.39 is 0 Å². The molecule has 3 rings (SSSR count). The Morgan fingerprint density at radius 1 is 0.971 bits per heavy atom. The van der Waals surface area contributed by atoms with E-state index in [4.69, 9.17) is 9.47 Å². The molecule has 0 bridgehead atoms. The van der Waals surface area contributed by atoms with E-state index in [1.165, 1.54) is 23.5 Å². The summed E-state index contributed by atoms with van der Waals surface area (Å²) in [4.78, 5) is 21.3. The highest BCUT2D eigenvalue weighted by Gasteiger charge is 2.18. The van der Waals surface area contributed by atoms with Crippen molar-refractivity contribution in [2.75, 3.05) is 33.9 Å². The molecule has 1 aromatic heterocycles. The lowest BCUT2D eigenvalue weighted by Gasteiger charge is -2.22. The Morgan fingerprint density at radius 3 is 2.29 bits per heavy atom. The lowest BCUT2D eigenvalue weighted by atomic mass is 10.1. The van der Waals surface area contributed by atoms with Crippen molar-refractivity contribution >= 4 is 17.2 Å². The zero-order valence-electron chi connectivity index (χ0n) is 20.2. The maximum Gasteiger partial charge on any atom is 0.273 e. The number of hydrogen-bond donors (Lipinski definition) is 0. The van der Waals surface area contributed by atoms with Gasteiger partial charge in [0.05, 0.1) is 20.8 Å². The minimum atomic E-state index is -0.250. The van der Waals surface area contributed by atoms with Crippen molar-refractivity contribution in [2.24, 2.45) is 0 Å². The molecule has 0 fully saturated rings. The number of aromatic nitrogens is 1. The fourth-order valence-corrected chi connectivity index (χ4v) is 4.54. The Morgan fingerprint density at radius 2 is 1.65 bits per heavy atom. The third-order valence-electron chi connectivity index (χ3n) is 5.66. The maximum atomic E-state index is 13.4. The molecule has 3 aromatic rings. The van der Waals surface area contributed by atoms with Gasteiger partial charge in [-0.2, -0.15) is 0 Å². The van der Waals surface area contributed by atoms with Gasteiger partial charge in [-0.1, -0.05) is 18.2 Å². The molecule has 6 nitrogen and oxygen atoms in total. The lowest BCUT2D eigenvalue weighted by Crippen LogP contribution is -2.30. The summed E-state index contributed by atoms with van der Waals surface area (Å²) in [5.74, 6) is 1.11. The normalized spacial score (nSPS) is 11.0. The van der Waals surface area contributed by atoms with Crippen LogP contribution in [0, 0.1) is 5.82 Å². The molecule has 182 valence electrons. The van der Waals surface area contributed by atoms with Crippen LogP contribution in [0.3, 0.4) is 0 Å². The molecule has 0 radical (unpaired) electrons. The second kappa shape index (κ2) is 12.5. The van der Waals surface area contributed by atoms with Crippen molar-refractivity contribution in [1.29, 1.82) is 0 Å². The van der Waals surface area contributed by atoms with Gasteiger partial charge in [-0.05, 0) is 55.7 Å². The maximum absolute atomic E-state index is 13.4. The molecule has 1 heterocycles. The quantitative estimate of drug-likeness (QED) is 0.360. The van der Waals surface area contributed by atoms with E-state index >= 15 is 0 Å². The summed E-state index contributed by atoms with van der Waals surface area (Å²) in [6.07, 6.45) is 0.790. The summed E-state index contributed by atoms with van der Waals surface area (Å²) in [5, 5.41) is 2.71. The van der Waals surface area contributed by atoms with Gasteiger partial charge in [0.15, 0.2) is 11.5 Å². The number of carbonyl (C=O) groups is 1. The second-order valence-corrected chi connectivity index (χ2v) is 8.82. The van der Waals surface area contributed by atoms with Crippen LogP contribution in [0.1, 0.15) is 40.5 Å². The molecule has 0 aliphatic heterocycles. The summed E-state index contributed by atoms with van der Waals surface area (Å²) >= 11 is 1.49. The minimum absolute atomic E-state index is 0.0390. The Kier molecular flexibility index (Phi) is 9.42. The standard InChI is InChI=1S/C26H32FN3O3S/c1-5-30(6-2)26(31)22-18-34-25(28-22)17-29(16-20-7-10-21(27)11-8-20)14-13-19-9-12-23(32-3)24(15-19)33-4/h7-12,15,18H,5-6,13-14,16-17H2,1-4H3. The summed E-state index contributed by atoms with van der Waals surface area (Å²) < 4.78 is 24.2. The topological polar surface area (TPSA) is 54.9 Å². The van der Waals surface area contributed by atoms with Crippen molar-refractivity contribution in [1.82, 2.24) is 14.8 Å². The van der Waals surface area contributed by atoms with E-state index in [2.05, 4.69) is 9.88 Å².